The minimum Gasteiger partial charge on any atom is -0.382 e. The fraction of sp³-hybridized carbons (Fsp3) is 0.409. The van der Waals surface area contributed by atoms with Gasteiger partial charge in [-0.1, -0.05) is 18.2 Å². The fourth-order valence-corrected chi connectivity index (χ4v) is 3.66. The van der Waals surface area contributed by atoms with Gasteiger partial charge in [0.2, 0.25) is 0 Å². The zero-order chi connectivity index (χ0) is 23.0. The topological polar surface area (TPSA) is 79.0 Å². The number of amides is 2. The highest BCUT2D eigenvalue weighted by Gasteiger charge is 2.19. The first kappa shape index (κ1) is 24.5. The maximum absolute atomic E-state index is 13.3. The fourth-order valence-electron chi connectivity index (χ4n) is 3.18. The van der Waals surface area contributed by atoms with Crippen LogP contribution in [0, 0.1) is 5.82 Å². The van der Waals surface area contributed by atoms with Crippen molar-refractivity contribution in [3.8, 4) is 5.75 Å². The lowest BCUT2D eigenvalue weighted by Gasteiger charge is -2.26. The van der Waals surface area contributed by atoms with E-state index in [0.717, 1.165) is 30.6 Å². The molecule has 2 aromatic rings. The summed E-state index contributed by atoms with van der Waals surface area (Å²) in [4.78, 5) is 16.3. The number of halogens is 1. The number of anilines is 1. The molecule has 0 atom stereocenters. The second-order valence-electron chi connectivity index (χ2n) is 7.07. The van der Waals surface area contributed by atoms with E-state index in [1.54, 1.807) is 24.3 Å². The van der Waals surface area contributed by atoms with Gasteiger partial charge in [-0.3, -0.25) is 0 Å². The van der Waals surface area contributed by atoms with Crippen molar-refractivity contribution in [3.63, 3.8) is 0 Å². The Hall–Kier alpha value is -2.81. The molecular formula is C22H30FN3O4S. The number of nitrogens with zero attached hydrogens (tertiary/aromatic N) is 2. The third kappa shape index (κ3) is 7.43. The van der Waals surface area contributed by atoms with Crippen LogP contribution in [0.2, 0.25) is 0 Å². The van der Waals surface area contributed by atoms with Crippen molar-refractivity contribution >= 4 is 21.8 Å². The Bertz CT molecular complexity index is 977. The number of carbonyl (C=O) groups is 1. The molecule has 0 saturated carbocycles. The summed E-state index contributed by atoms with van der Waals surface area (Å²) in [5, 5.41) is 2.76. The van der Waals surface area contributed by atoms with Crippen LogP contribution in [0.4, 0.5) is 14.9 Å². The van der Waals surface area contributed by atoms with Gasteiger partial charge in [-0.25, -0.2) is 9.18 Å². The average Bonchev–Trinajstić information content (AvgIpc) is 2.70. The maximum atomic E-state index is 13.3. The first-order valence-corrected chi connectivity index (χ1v) is 12.0. The summed E-state index contributed by atoms with van der Waals surface area (Å²) in [5.74, 6) is -0.176. The molecule has 7 nitrogen and oxygen atoms in total. The summed E-state index contributed by atoms with van der Waals surface area (Å²) in [5.41, 5.74) is 2.13. The van der Waals surface area contributed by atoms with Crippen molar-refractivity contribution in [2.45, 2.75) is 33.9 Å². The van der Waals surface area contributed by atoms with Gasteiger partial charge in [0.05, 0.1) is 12.8 Å². The summed E-state index contributed by atoms with van der Waals surface area (Å²) in [6, 6.07) is 10.9. The van der Waals surface area contributed by atoms with Crippen LogP contribution >= 0.6 is 0 Å². The van der Waals surface area contributed by atoms with Crippen LogP contribution < -0.4 is 14.4 Å². The highest BCUT2D eigenvalue weighted by molar-refractivity contribution is 7.86. The van der Waals surface area contributed by atoms with E-state index in [9.17, 15) is 17.6 Å². The first-order chi connectivity index (χ1) is 14.7. The summed E-state index contributed by atoms with van der Waals surface area (Å²) in [6.45, 7) is 8.11. The second kappa shape index (κ2) is 11.0. The smallest absolute Gasteiger partial charge is 0.317 e. The third-order valence-electron chi connectivity index (χ3n) is 4.68. The number of carbonyl (C=O) groups excluding carboxylic acids is 1. The molecule has 0 aliphatic rings. The molecule has 2 amide bonds. The lowest BCUT2D eigenvalue weighted by atomic mass is 10.1. The quantitative estimate of drug-likeness (QED) is 0.557. The van der Waals surface area contributed by atoms with E-state index in [0.29, 0.717) is 12.1 Å². The van der Waals surface area contributed by atoms with Gasteiger partial charge in [-0.15, -0.1) is 0 Å². The minimum atomic E-state index is -3.76. The van der Waals surface area contributed by atoms with Crippen molar-refractivity contribution in [1.29, 1.82) is 0 Å². The van der Waals surface area contributed by atoms with Crippen LogP contribution in [-0.4, -0.2) is 45.2 Å². The number of nitrogens with one attached hydrogen (secondary N) is 1. The molecular weight excluding hydrogens is 421 g/mol. The Labute approximate surface area is 183 Å². The van der Waals surface area contributed by atoms with Crippen LogP contribution in [0.1, 0.15) is 31.9 Å². The van der Waals surface area contributed by atoms with Gasteiger partial charge in [-0.05, 0) is 44.5 Å². The molecule has 0 bridgehead atoms. The summed E-state index contributed by atoms with van der Waals surface area (Å²) in [7, 11) is -3.76. The van der Waals surface area contributed by atoms with E-state index in [-0.39, 0.29) is 30.7 Å². The molecule has 2 aromatic carbocycles. The largest absolute Gasteiger partial charge is 0.382 e. The summed E-state index contributed by atoms with van der Waals surface area (Å²) < 4.78 is 42.2. The Morgan fingerprint density at radius 1 is 1.03 bits per heavy atom. The number of benzene rings is 2. The molecule has 0 fully saturated rings. The Morgan fingerprint density at radius 2 is 1.68 bits per heavy atom. The van der Waals surface area contributed by atoms with Crippen molar-refractivity contribution in [2.24, 2.45) is 0 Å². The molecule has 0 aliphatic carbocycles. The predicted molar refractivity (Wildman–Crippen MR) is 120 cm³/mol. The van der Waals surface area contributed by atoms with Gasteiger partial charge in [0.1, 0.15) is 11.6 Å². The van der Waals surface area contributed by atoms with Gasteiger partial charge in [0.15, 0.2) is 0 Å². The molecule has 31 heavy (non-hydrogen) atoms. The Morgan fingerprint density at radius 3 is 2.23 bits per heavy atom. The van der Waals surface area contributed by atoms with Gasteiger partial charge >= 0.3 is 16.1 Å². The molecule has 9 heteroatoms. The normalized spacial score (nSPS) is 11.1. The van der Waals surface area contributed by atoms with Gasteiger partial charge in [0, 0.05) is 43.5 Å². The van der Waals surface area contributed by atoms with Crippen molar-refractivity contribution < 1.29 is 21.8 Å². The predicted octanol–water partition coefficient (Wildman–Crippen LogP) is 3.74. The first-order valence-electron chi connectivity index (χ1n) is 10.2. The molecule has 0 radical (unpaired) electrons. The van der Waals surface area contributed by atoms with Gasteiger partial charge in [0.25, 0.3) is 0 Å². The van der Waals surface area contributed by atoms with Gasteiger partial charge < -0.3 is 19.3 Å². The lowest BCUT2D eigenvalue weighted by Crippen LogP contribution is -2.39. The molecule has 0 spiro atoms. The lowest BCUT2D eigenvalue weighted by molar-refractivity contribution is 0.192. The van der Waals surface area contributed by atoms with Crippen LogP contribution in [0.3, 0.4) is 0 Å². The number of urea groups is 1. The monoisotopic (exact) mass is 451 g/mol. The molecule has 170 valence electrons. The third-order valence-corrected chi connectivity index (χ3v) is 5.17. The average molecular weight is 452 g/mol. The molecule has 2 rings (SSSR count). The standard InChI is InChI=1S/C22H30FN3O4S/c1-5-24-22(27)26(15-17-8-11-19(23)12-9-17)16-18-10-13-20(25(6-2)7-3)14-21(18)30-31(4,28)29/h8-14H,5-7,15-16H2,1-4H3,(H,24,27). The molecule has 0 saturated heterocycles. The molecule has 0 aliphatic heterocycles. The van der Waals surface area contributed by atoms with Crippen LogP contribution in [0.5, 0.6) is 5.75 Å². The van der Waals surface area contributed by atoms with E-state index in [1.807, 2.05) is 26.8 Å². The van der Waals surface area contributed by atoms with Crippen molar-refractivity contribution in [1.82, 2.24) is 10.2 Å². The van der Waals surface area contributed by atoms with Crippen LogP contribution in [0.25, 0.3) is 0 Å². The van der Waals surface area contributed by atoms with E-state index >= 15 is 0 Å². The SMILES string of the molecule is CCNC(=O)N(Cc1ccc(F)cc1)Cc1ccc(N(CC)CC)cc1OS(C)(=O)=O. The second-order valence-corrected chi connectivity index (χ2v) is 8.64. The zero-order valence-electron chi connectivity index (χ0n) is 18.4. The molecule has 0 aromatic heterocycles. The summed E-state index contributed by atoms with van der Waals surface area (Å²) in [6.07, 6.45) is 0.987. The zero-order valence-corrected chi connectivity index (χ0v) is 19.2. The van der Waals surface area contributed by atoms with Crippen molar-refractivity contribution in [2.75, 3.05) is 30.8 Å². The molecule has 0 unspecified atom stereocenters. The minimum absolute atomic E-state index is 0.118. The Kier molecular flexibility index (Phi) is 8.67. The Balaban J connectivity index is 2.40. The van der Waals surface area contributed by atoms with E-state index in [4.69, 9.17) is 4.18 Å². The van der Waals surface area contributed by atoms with E-state index < -0.39 is 10.1 Å². The number of rotatable bonds is 10. The van der Waals surface area contributed by atoms with Crippen LogP contribution in [0.15, 0.2) is 42.5 Å². The van der Waals surface area contributed by atoms with E-state index in [1.165, 1.54) is 17.0 Å². The van der Waals surface area contributed by atoms with Crippen LogP contribution in [-0.2, 0) is 23.2 Å². The molecule has 1 N–H and O–H groups in total. The van der Waals surface area contributed by atoms with Crippen molar-refractivity contribution in [3.05, 3.63) is 59.4 Å². The number of hydrogen-bond acceptors (Lipinski definition) is 5. The molecule has 0 heterocycles. The number of hydrogen-bond donors (Lipinski definition) is 1. The highest BCUT2D eigenvalue weighted by atomic mass is 32.2. The van der Waals surface area contributed by atoms with E-state index in [2.05, 4.69) is 10.2 Å². The summed E-state index contributed by atoms with van der Waals surface area (Å²) >= 11 is 0. The highest BCUT2D eigenvalue weighted by Crippen LogP contribution is 2.28. The maximum Gasteiger partial charge on any atom is 0.317 e. The van der Waals surface area contributed by atoms with Gasteiger partial charge in [-0.2, -0.15) is 8.42 Å².